The number of hydrogen-bond acceptors (Lipinski definition) is 4. The summed E-state index contributed by atoms with van der Waals surface area (Å²) in [4.78, 5) is 24.8. The van der Waals surface area contributed by atoms with Gasteiger partial charge >= 0.3 is 0 Å². The molecule has 1 aromatic carbocycles. The molecule has 2 N–H and O–H groups in total. The van der Waals surface area contributed by atoms with Crippen LogP contribution in [0, 0.1) is 0 Å². The van der Waals surface area contributed by atoms with Gasteiger partial charge in [0.15, 0.2) is 5.60 Å². The number of rotatable bonds is 2. The van der Waals surface area contributed by atoms with E-state index >= 15 is 0 Å². The maximum atomic E-state index is 11.5. The van der Waals surface area contributed by atoms with Crippen LogP contribution in [-0.4, -0.2) is 34.0 Å². The molecule has 1 fully saturated rings. The number of hydrogen-bond donors (Lipinski definition) is 2. The molecule has 0 bridgehead atoms. The van der Waals surface area contributed by atoms with E-state index < -0.39 is 17.4 Å². The SMILES string of the molecule is O=C1NC(=O)C2(O)CN(Cc3ccccc3)C=C12. The molecule has 0 saturated carbocycles. The Morgan fingerprint density at radius 1 is 1.28 bits per heavy atom. The van der Waals surface area contributed by atoms with Gasteiger partial charge in [-0.2, -0.15) is 0 Å². The summed E-state index contributed by atoms with van der Waals surface area (Å²) < 4.78 is 0. The Labute approximate surface area is 104 Å². The first-order chi connectivity index (χ1) is 8.59. The van der Waals surface area contributed by atoms with Crippen molar-refractivity contribution in [3.05, 3.63) is 47.7 Å². The van der Waals surface area contributed by atoms with Gasteiger partial charge in [-0.1, -0.05) is 30.3 Å². The highest BCUT2D eigenvalue weighted by Crippen LogP contribution is 2.31. The molecule has 0 spiro atoms. The van der Waals surface area contributed by atoms with Crippen molar-refractivity contribution in [3.8, 4) is 0 Å². The van der Waals surface area contributed by atoms with Crippen LogP contribution in [0.25, 0.3) is 0 Å². The summed E-state index contributed by atoms with van der Waals surface area (Å²) in [6.45, 7) is 0.683. The molecule has 1 aromatic rings. The number of nitrogens with zero attached hydrogens (tertiary/aromatic N) is 1. The van der Waals surface area contributed by atoms with Crippen molar-refractivity contribution < 1.29 is 14.7 Å². The Morgan fingerprint density at radius 3 is 2.67 bits per heavy atom. The van der Waals surface area contributed by atoms with Crippen LogP contribution in [0.1, 0.15) is 5.56 Å². The zero-order valence-electron chi connectivity index (χ0n) is 9.59. The van der Waals surface area contributed by atoms with Crippen molar-refractivity contribution in [2.75, 3.05) is 6.54 Å². The largest absolute Gasteiger partial charge is 0.374 e. The lowest BCUT2D eigenvalue weighted by Gasteiger charge is -2.21. The lowest BCUT2D eigenvalue weighted by molar-refractivity contribution is -0.133. The summed E-state index contributed by atoms with van der Waals surface area (Å²) in [6.07, 6.45) is 1.56. The van der Waals surface area contributed by atoms with Gasteiger partial charge in [-0.05, 0) is 5.56 Å². The van der Waals surface area contributed by atoms with Crippen LogP contribution in [0.4, 0.5) is 0 Å². The molecule has 5 nitrogen and oxygen atoms in total. The molecule has 2 aliphatic heterocycles. The van der Waals surface area contributed by atoms with E-state index in [2.05, 4.69) is 5.32 Å². The molecule has 0 aliphatic carbocycles. The monoisotopic (exact) mass is 244 g/mol. The molecule has 18 heavy (non-hydrogen) atoms. The molecule has 5 heteroatoms. The number of amides is 2. The van der Waals surface area contributed by atoms with E-state index in [1.54, 1.807) is 11.1 Å². The first-order valence-electron chi connectivity index (χ1n) is 5.68. The lowest BCUT2D eigenvalue weighted by atomic mass is 10.00. The minimum absolute atomic E-state index is 0.120. The van der Waals surface area contributed by atoms with Gasteiger partial charge in [0, 0.05) is 12.7 Å². The van der Waals surface area contributed by atoms with Crippen LogP contribution in [0.2, 0.25) is 0 Å². The molecule has 2 aliphatic rings. The maximum absolute atomic E-state index is 11.5. The molecule has 3 rings (SSSR count). The van der Waals surface area contributed by atoms with Crippen LogP contribution < -0.4 is 5.32 Å². The Morgan fingerprint density at radius 2 is 2.00 bits per heavy atom. The zero-order chi connectivity index (χ0) is 12.8. The molecule has 2 heterocycles. The minimum atomic E-state index is -1.67. The Bertz CT molecular complexity index is 553. The lowest BCUT2D eigenvalue weighted by Crippen LogP contribution is -2.43. The van der Waals surface area contributed by atoms with Crippen LogP contribution in [0.15, 0.2) is 42.1 Å². The van der Waals surface area contributed by atoms with Gasteiger partial charge in [0.2, 0.25) is 0 Å². The van der Waals surface area contributed by atoms with Crippen LogP contribution >= 0.6 is 0 Å². The molecule has 2 amide bonds. The van der Waals surface area contributed by atoms with E-state index in [9.17, 15) is 14.7 Å². The van der Waals surface area contributed by atoms with Crippen molar-refractivity contribution in [1.82, 2.24) is 10.2 Å². The first kappa shape index (κ1) is 11.0. The molecule has 0 aromatic heterocycles. The second-order valence-corrected chi connectivity index (χ2v) is 4.58. The summed E-state index contributed by atoms with van der Waals surface area (Å²) in [5.74, 6) is -1.13. The molecule has 1 unspecified atom stereocenters. The third kappa shape index (κ3) is 1.52. The fourth-order valence-corrected chi connectivity index (χ4v) is 2.35. The molecule has 1 saturated heterocycles. The van der Waals surface area contributed by atoms with E-state index in [0.29, 0.717) is 6.54 Å². The highest BCUT2D eigenvalue weighted by atomic mass is 16.3. The number of nitrogens with one attached hydrogen (secondary N) is 1. The van der Waals surface area contributed by atoms with Crippen molar-refractivity contribution in [1.29, 1.82) is 0 Å². The number of imide groups is 1. The van der Waals surface area contributed by atoms with E-state index in [1.165, 1.54) is 0 Å². The van der Waals surface area contributed by atoms with E-state index in [1.807, 2.05) is 30.3 Å². The molecular weight excluding hydrogens is 232 g/mol. The van der Waals surface area contributed by atoms with Gasteiger partial charge in [-0.25, -0.2) is 0 Å². The Hall–Kier alpha value is -2.14. The Kier molecular flexibility index (Phi) is 2.24. The van der Waals surface area contributed by atoms with Crippen molar-refractivity contribution in [2.24, 2.45) is 0 Å². The number of carbonyl (C=O) groups excluding carboxylic acids is 2. The van der Waals surface area contributed by atoms with Crippen LogP contribution in [-0.2, 0) is 16.1 Å². The zero-order valence-corrected chi connectivity index (χ0v) is 9.59. The molecule has 92 valence electrons. The predicted molar refractivity (Wildman–Crippen MR) is 63.0 cm³/mol. The van der Waals surface area contributed by atoms with Gasteiger partial charge in [0.05, 0.1) is 12.1 Å². The number of carbonyl (C=O) groups is 2. The van der Waals surface area contributed by atoms with E-state index in [-0.39, 0.29) is 12.1 Å². The van der Waals surface area contributed by atoms with E-state index in [0.717, 1.165) is 5.56 Å². The first-order valence-corrected chi connectivity index (χ1v) is 5.68. The van der Waals surface area contributed by atoms with Gasteiger partial charge in [0.25, 0.3) is 11.8 Å². The molecular formula is C13H12N2O3. The van der Waals surface area contributed by atoms with E-state index in [4.69, 9.17) is 0 Å². The third-order valence-corrected chi connectivity index (χ3v) is 3.26. The predicted octanol–water partition coefficient (Wildman–Crippen LogP) is -0.226. The standard InChI is InChI=1S/C13H12N2O3/c16-11-10-7-15(6-9-4-2-1-3-5-9)8-13(10,18)12(17)14-11/h1-5,7,18H,6,8H2,(H,14,16,17). The molecule has 0 radical (unpaired) electrons. The van der Waals surface area contributed by atoms with Crippen LogP contribution in [0.3, 0.4) is 0 Å². The topological polar surface area (TPSA) is 69.6 Å². The normalized spacial score (nSPS) is 26.1. The van der Waals surface area contributed by atoms with Crippen molar-refractivity contribution in [2.45, 2.75) is 12.1 Å². The van der Waals surface area contributed by atoms with Gasteiger partial charge < -0.3 is 10.0 Å². The third-order valence-electron chi connectivity index (χ3n) is 3.26. The highest BCUT2D eigenvalue weighted by Gasteiger charge is 2.54. The number of fused-ring (bicyclic) bond motifs is 1. The second kappa shape index (κ2) is 3.68. The average molecular weight is 244 g/mol. The summed E-state index contributed by atoms with van der Waals surface area (Å²) in [5, 5.41) is 12.3. The maximum Gasteiger partial charge on any atom is 0.265 e. The van der Waals surface area contributed by atoms with Crippen LogP contribution in [0.5, 0.6) is 0 Å². The number of β-amino-alcohol motifs (C(OH)–C–C–N with tert-alkyl or cyclic N) is 1. The second-order valence-electron chi connectivity index (χ2n) is 4.58. The van der Waals surface area contributed by atoms with Crippen molar-refractivity contribution >= 4 is 11.8 Å². The van der Waals surface area contributed by atoms with Crippen molar-refractivity contribution in [3.63, 3.8) is 0 Å². The number of aliphatic hydroxyl groups is 1. The summed E-state index contributed by atoms with van der Waals surface area (Å²) >= 11 is 0. The van der Waals surface area contributed by atoms with Gasteiger partial charge in [-0.3, -0.25) is 14.9 Å². The fraction of sp³-hybridized carbons (Fsp3) is 0.231. The Balaban J connectivity index is 1.84. The smallest absolute Gasteiger partial charge is 0.265 e. The summed E-state index contributed by atoms with van der Waals surface area (Å²) in [6, 6.07) is 9.68. The summed E-state index contributed by atoms with van der Waals surface area (Å²) in [5.41, 5.74) is -0.472. The average Bonchev–Trinajstić information content (AvgIpc) is 2.77. The van der Waals surface area contributed by atoms with Gasteiger partial charge in [-0.15, -0.1) is 0 Å². The highest BCUT2D eigenvalue weighted by molar-refractivity contribution is 6.19. The minimum Gasteiger partial charge on any atom is -0.374 e. The summed E-state index contributed by atoms with van der Waals surface area (Å²) in [7, 11) is 0. The van der Waals surface area contributed by atoms with Gasteiger partial charge in [0.1, 0.15) is 0 Å². The fourth-order valence-electron chi connectivity index (χ4n) is 2.35. The number of benzene rings is 1. The molecule has 1 atom stereocenters. The quantitative estimate of drug-likeness (QED) is 0.705.